The highest BCUT2D eigenvalue weighted by molar-refractivity contribution is 14.1. The zero-order valence-corrected chi connectivity index (χ0v) is 29.6. The fourth-order valence-electron chi connectivity index (χ4n) is 5.79. The largest absolute Gasteiger partial charge is 0.379 e. The molecule has 2 saturated heterocycles. The molecule has 12 heteroatoms. The Morgan fingerprint density at radius 2 is 0.913 bits per heavy atom. The third-order valence-electron chi connectivity index (χ3n) is 8.19. The van der Waals surface area contributed by atoms with Gasteiger partial charge in [0.25, 0.3) is 0 Å². The highest BCUT2D eigenvalue weighted by atomic mass is 127. The molecule has 0 atom stereocenters. The van der Waals surface area contributed by atoms with E-state index in [9.17, 15) is 0 Å². The van der Waals surface area contributed by atoms with Crippen molar-refractivity contribution >= 4 is 56.5 Å². The van der Waals surface area contributed by atoms with Gasteiger partial charge in [-0.1, -0.05) is 60.7 Å². The van der Waals surface area contributed by atoms with Gasteiger partial charge in [0.05, 0.1) is 37.8 Å². The van der Waals surface area contributed by atoms with E-state index in [1.54, 1.807) is 0 Å². The van der Waals surface area contributed by atoms with Crippen LogP contribution in [0.2, 0.25) is 0 Å². The number of hydrogen-bond donors (Lipinski definition) is 0. The molecule has 0 spiro atoms. The third kappa shape index (κ3) is 7.58. The van der Waals surface area contributed by atoms with Crippen molar-refractivity contribution in [1.29, 1.82) is 0 Å². The Balaban J connectivity index is 0.000000147. The van der Waals surface area contributed by atoms with Gasteiger partial charge in [-0.15, -0.1) is 10.2 Å². The summed E-state index contributed by atoms with van der Waals surface area (Å²) >= 11 is 4.29. The van der Waals surface area contributed by atoms with Gasteiger partial charge in [-0.3, -0.25) is 9.80 Å². The van der Waals surface area contributed by atoms with E-state index in [1.807, 2.05) is 33.3 Å². The molecule has 2 fully saturated rings. The number of hydrogen-bond acceptors (Lipinski definition) is 8. The second-order valence-corrected chi connectivity index (χ2v) is 13.2. The first-order valence-corrected chi connectivity index (χ1v) is 17.6. The highest BCUT2D eigenvalue weighted by Gasteiger charge is 2.13. The summed E-state index contributed by atoms with van der Waals surface area (Å²) in [4.78, 5) is 13.7. The van der Waals surface area contributed by atoms with Gasteiger partial charge in [0, 0.05) is 95.6 Å². The van der Waals surface area contributed by atoms with Crippen molar-refractivity contribution in [3.05, 3.63) is 104 Å². The van der Waals surface area contributed by atoms with Crippen molar-refractivity contribution in [2.24, 2.45) is 0 Å². The molecule has 6 aromatic rings. The van der Waals surface area contributed by atoms with E-state index in [0.717, 1.165) is 107 Å². The molecule has 0 unspecified atom stereocenters. The molecule has 2 aromatic carbocycles. The Labute approximate surface area is 295 Å². The second-order valence-electron chi connectivity index (χ2n) is 11.3. The Morgan fingerprint density at radius 1 is 0.522 bits per heavy atom. The molecule has 236 valence electrons. The molecule has 6 heterocycles. The van der Waals surface area contributed by atoms with Crippen molar-refractivity contribution in [2.45, 2.75) is 13.1 Å². The Morgan fingerprint density at radius 3 is 1.30 bits per heavy atom. The van der Waals surface area contributed by atoms with Gasteiger partial charge in [-0.05, 0) is 35.4 Å². The fraction of sp³-hybridized carbons (Fsp3) is 0.294. The van der Waals surface area contributed by atoms with Crippen LogP contribution in [-0.2, 0) is 22.6 Å². The lowest BCUT2D eigenvalue weighted by atomic mass is 10.1. The van der Waals surface area contributed by atoms with E-state index in [-0.39, 0.29) is 0 Å². The van der Waals surface area contributed by atoms with Crippen LogP contribution in [0.3, 0.4) is 0 Å². The number of aromatic nitrogens is 6. The Bertz CT molecular complexity index is 1760. The van der Waals surface area contributed by atoms with Crippen molar-refractivity contribution in [3.8, 4) is 22.5 Å². The van der Waals surface area contributed by atoms with Gasteiger partial charge in [0.2, 0.25) is 7.66 Å². The SMILES string of the molecule is Ic1nc2cccc(-c3ccc(CN4CCOCC4)cc3)n2n1.Ic1nc2cccc(-c3ccc(CN4CCOCC4)cc3)n2n1. The maximum Gasteiger partial charge on any atom is 0.212 e. The van der Waals surface area contributed by atoms with Gasteiger partial charge in [-0.2, -0.15) is 0 Å². The number of benzene rings is 2. The molecule has 4 aromatic heterocycles. The predicted molar refractivity (Wildman–Crippen MR) is 194 cm³/mol. The molecule has 10 nitrogen and oxygen atoms in total. The average molecular weight is 841 g/mol. The van der Waals surface area contributed by atoms with Crippen molar-refractivity contribution in [3.63, 3.8) is 0 Å². The fourth-order valence-corrected chi connectivity index (χ4v) is 6.72. The normalized spacial score (nSPS) is 16.0. The Hall–Kier alpha value is -3.02. The van der Waals surface area contributed by atoms with Crippen molar-refractivity contribution in [1.82, 2.24) is 39.0 Å². The minimum atomic E-state index is 0.763. The van der Waals surface area contributed by atoms with Gasteiger partial charge in [0.1, 0.15) is 0 Å². The number of morpholine rings is 2. The zero-order chi connectivity index (χ0) is 31.3. The minimum absolute atomic E-state index is 0.763. The zero-order valence-electron chi connectivity index (χ0n) is 25.3. The van der Waals surface area contributed by atoms with Gasteiger partial charge in [-0.25, -0.2) is 19.0 Å². The molecule has 2 aliphatic heterocycles. The molecule has 46 heavy (non-hydrogen) atoms. The smallest absolute Gasteiger partial charge is 0.212 e. The summed E-state index contributed by atoms with van der Waals surface area (Å²) < 4.78 is 16.1. The number of halogens is 2. The maximum atomic E-state index is 5.40. The summed E-state index contributed by atoms with van der Waals surface area (Å²) in [5.74, 6) is 0. The van der Waals surface area contributed by atoms with Crippen molar-refractivity contribution in [2.75, 3.05) is 52.6 Å². The number of nitrogens with zero attached hydrogens (tertiary/aromatic N) is 8. The van der Waals surface area contributed by atoms with Crippen LogP contribution in [0, 0.1) is 7.66 Å². The molecule has 0 saturated carbocycles. The van der Waals surface area contributed by atoms with E-state index in [2.05, 4.69) is 136 Å². The molecule has 0 radical (unpaired) electrons. The molecular formula is C34H34I2N8O2. The summed E-state index contributed by atoms with van der Waals surface area (Å²) in [6, 6.07) is 29.6. The molecule has 0 amide bonds. The first kappa shape index (κ1) is 31.6. The summed E-state index contributed by atoms with van der Waals surface area (Å²) in [5.41, 5.74) is 8.86. The number of fused-ring (bicyclic) bond motifs is 2. The summed E-state index contributed by atoms with van der Waals surface area (Å²) in [6.45, 7) is 9.37. The highest BCUT2D eigenvalue weighted by Crippen LogP contribution is 2.23. The van der Waals surface area contributed by atoms with Crippen LogP contribution in [0.4, 0.5) is 0 Å². The van der Waals surface area contributed by atoms with Crippen LogP contribution >= 0.6 is 45.2 Å². The lowest BCUT2D eigenvalue weighted by Gasteiger charge is -2.26. The first-order valence-electron chi connectivity index (χ1n) is 15.4. The molecule has 0 aliphatic carbocycles. The van der Waals surface area contributed by atoms with Crippen LogP contribution in [0.5, 0.6) is 0 Å². The van der Waals surface area contributed by atoms with Crippen LogP contribution in [0.25, 0.3) is 33.8 Å². The molecule has 2 aliphatic rings. The van der Waals surface area contributed by atoms with Crippen molar-refractivity contribution < 1.29 is 9.47 Å². The summed E-state index contributed by atoms with van der Waals surface area (Å²) in [6.07, 6.45) is 0. The van der Waals surface area contributed by atoms with Crippen LogP contribution in [0.1, 0.15) is 11.1 Å². The van der Waals surface area contributed by atoms with Gasteiger partial charge < -0.3 is 9.47 Å². The van der Waals surface area contributed by atoms with E-state index < -0.39 is 0 Å². The first-order chi connectivity index (χ1) is 22.6. The minimum Gasteiger partial charge on any atom is -0.379 e. The second kappa shape index (κ2) is 14.8. The lowest BCUT2D eigenvalue weighted by molar-refractivity contribution is 0.0341. The van der Waals surface area contributed by atoms with Gasteiger partial charge >= 0.3 is 0 Å². The topological polar surface area (TPSA) is 85.3 Å². The molecular weight excluding hydrogens is 806 g/mol. The standard InChI is InChI=1S/2C17H17IN4O/c2*18-17-19-16-3-1-2-15(22(16)20-17)14-6-4-13(5-7-14)12-21-8-10-23-11-9-21/h2*1-7H,8-12H2. The molecule has 8 rings (SSSR count). The molecule has 0 N–H and O–H groups in total. The van der Waals surface area contributed by atoms with Crippen LogP contribution in [-0.4, -0.2) is 91.6 Å². The molecule has 0 bridgehead atoms. The van der Waals surface area contributed by atoms with E-state index in [4.69, 9.17) is 9.47 Å². The van der Waals surface area contributed by atoms with E-state index in [0.29, 0.717) is 0 Å². The monoisotopic (exact) mass is 840 g/mol. The van der Waals surface area contributed by atoms with Crippen LogP contribution in [0.15, 0.2) is 84.9 Å². The average Bonchev–Trinajstić information content (AvgIpc) is 3.67. The number of rotatable bonds is 6. The quantitative estimate of drug-likeness (QED) is 0.199. The lowest BCUT2D eigenvalue weighted by Crippen LogP contribution is -2.35. The Kier molecular flexibility index (Phi) is 10.2. The summed E-state index contributed by atoms with van der Waals surface area (Å²) in [5, 5.41) is 8.95. The summed E-state index contributed by atoms with van der Waals surface area (Å²) in [7, 11) is 0. The number of ether oxygens (including phenoxy) is 2. The van der Waals surface area contributed by atoms with E-state index in [1.165, 1.54) is 11.1 Å². The van der Waals surface area contributed by atoms with E-state index >= 15 is 0 Å². The van der Waals surface area contributed by atoms with Gasteiger partial charge in [0.15, 0.2) is 11.3 Å². The predicted octanol–water partition coefficient (Wildman–Crippen LogP) is 5.67. The van der Waals surface area contributed by atoms with Crippen LogP contribution < -0.4 is 0 Å². The maximum absolute atomic E-state index is 5.40. The third-order valence-corrected chi connectivity index (χ3v) is 9.10. The number of pyridine rings is 2.